The van der Waals surface area contributed by atoms with Crippen molar-refractivity contribution in [3.05, 3.63) is 0 Å². The Kier molecular flexibility index (Phi) is 5.62. The summed E-state index contributed by atoms with van der Waals surface area (Å²) in [5.41, 5.74) is -0.260. The minimum absolute atomic E-state index is 0.0340. The Balaban J connectivity index is 1.94. The second kappa shape index (κ2) is 6.98. The molecule has 0 aromatic carbocycles. The second-order valence-electron chi connectivity index (χ2n) is 8.82. The summed E-state index contributed by atoms with van der Waals surface area (Å²) in [7, 11) is 0. The quantitative estimate of drug-likeness (QED) is 0.815. The Morgan fingerprint density at radius 3 is 2.48 bits per heavy atom. The Bertz CT molecular complexity index is 415. The van der Waals surface area contributed by atoms with Crippen molar-refractivity contribution in [2.24, 2.45) is 11.3 Å². The van der Waals surface area contributed by atoms with E-state index >= 15 is 0 Å². The molecule has 1 saturated heterocycles. The van der Waals surface area contributed by atoms with Crippen LogP contribution in [-0.2, 0) is 9.47 Å². The summed E-state index contributed by atoms with van der Waals surface area (Å²) >= 11 is 0. The summed E-state index contributed by atoms with van der Waals surface area (Å²) in [6, 6.07) is 0. The van der Waals surface area contributed by atoms with Crippen LogP contribution in [0.3, 0.4) is 0 Å². The van der Waals surface area contributed by atoms with Gasteiger partial charge in [-0.1, -0.05) is 26.7 Å². The maximum atomic E-state index is 12.0. The van der Waals surface area contributed by atoms with E-state index in [0.717, 1.165) is 26.2 Å². The molecule has 2 atom stereocenters. The number of carbonyl (C=O) groups excluding carboxylic acids is 1. The molecule has 0 aromatic rings. The molecule has 5 nitrogen and oxygen atoms in total. The average molecular weight is 326 g/mol. The Hall–Kier alpha value is -0.810. The molecule has 0 radical (unpaired) electrons. The highest BCUT2D eigenvalue weighted by molar-refractivity contribution is 5.67. The minimum Gasteiger partial charge on any atom is -0.444 e. The molecule has 1 saturated carbocycles. The molecule has 5 heteroatoms. The van der Waals surface area contributed by atoms with Crippen molar-refractivity contribution in [1.29, 1.82) is 0 Å². The molecule has 0 spiro atoms. The van der Waals surface area contributed by atoms with Crippen molar-refractivity contribution in [3.63, 3.8) is 0 Å². The van der Waals surface area contributed by atoms with Gasteiger partial charge in [0.05, 0.1) is 13.2 Å². The molecule has 1 aliphatic carbocycles. The molecule has 23 heavy (non-hydrogen) atoms. The second-order valence-corrected chi connectivity index (χ2v) is 8.82. The molecule has 1 amide bonds. The zero-order valence-corrected chi connectivity index (χ0v) is 15.5. The topological polar surface area (TPSA) is 59.6 Å². The standard InChI is InChI=1S/C18H34N2O3/c1-14-8-6-7-9-18(14,20-10-17(5)12-22-13-17)11-19-15(21)23-16(2,3)4/h14,20H,6-13H2,1-5H3,(H,19,21). The molecule has 1 aliphatic heterocycles. The number of nitrogens with one attached hydrogen (secondary N) is 2. The molecule has 2 unspecified atom stereocenters. The van der Waals surface area contributed by atoms with Crippen molar-refractivity contribution >= 4 is 6.09 Å². The zero-order chi connectivity index (χ0) is 17.1. The van der Waals surface area contributed by atoms with E-state index in [4.69, 9.17) is 9.47 Å². The lowest BCUT2D eigenvalue weighted by Crippen LogP contribution is -2.62. The van der Waals surface area contributed by atoms with E-state index in [1.165, 1.54) is 19.3 Å². The van der Waals surface area contributed by atoms with Crippen LogP contribution < -0.4 is 10.6 Å². The predicted molar refractivity (Wildman–Crippen MR) is 91.5 cm³/mol. The third-order valence-corrected chi connectivity index (χ3v) is 5.17. The summed E-state index contributed by atoms with van der Waals surface area (Å²) < 4.78 is 10.7. The lowest BCUT2D eigenvalue weighted by Gasteiger charge is -2.47. The first-order valence-corrected chi connectivity index (χ1v) is 8.94. The molecular formula is C18H34N2O3. The van der Waals surface area contributed by atoms with Gasteiger partial charge in [-0.15, -0.1) is 0 Å². The fourth-order valence-corrected chi connectivity index (χ4v) is 3.49. The average Bonchev–Trinajstić information content (AvgIpc) is 2.41. The Labute approximate surface area is 140 Å². The van der Waals surface area contributed by atoms with Crippen molar-refractivity contribution < 1.29 is 14.3 Å². The Morgan fingerprint density at radius 1 is 1.26 bits per heavy atom. The van der Waals surface area contributed by atoms with Crippen molar-refractivity contribution in [1.82, 2.24) is 10.6 Å². The first-order chi connectivity index (χ1) is 10.6. The van der Waals surface area contributed by atoms with Crippen molar-refractivity contribution in [3.8, 4) is 0 Å². The van der Waals surface area contributed by atoms with Crippen LogP contribution in [0.15, 0.2) is 0 Å². The van der Waals surface area contributed by atoms with E-state index in [2.05, 4.69) is 24.5 Å². The SMILES string of the molecule is CC1CCCCC1(CNC(=O)OC(C)(C)C)NCC1(C)COC1. The lowest BCUT2D eigenvalue weighted by molar-refractivity contribution is -0.104. The largest absolute Gasteiger partial charge is 0.444 e. The summed E-state index contributed by atoms with van der Waals surface area (Å²) in [5.74, 6) is 0.538. The van der Waals surface area contributed by atoms with Crippen LogP contribution in [0, 0.1) is 11.3 Å². The van der Waals surface area contributed by atoms with E-state index in [1.807, 2.05) is 20.8 Å². The van der Waals surface area contributed by atoms with E-state index in [0.29, 0.717) is 12.5 Å². The van der Waals surface area contributed by atoms with Crippen molar-refractivity contribution in [2.75, 3.05) is 26.3 Å². The first-order valence-electron chi connectivity index (χ1n) is 8.94. The molecular weight excluding hydrogens is 292 g/mol. The van der Waals surface area contributed by atoms with Gasteiger partial charge in [-0.3, -0.25) is 0 Å². The normalized spacial score (nSPS) is 30.4. The zero-order valence-electron chi connectivity index (χ0n) is 15.5. The van der Waals surface area contributed by atoms with Gasteiger partial charge in [0.25, 0.3) is 0 Å². The first kappa shape index (κ1) is 18.5. The Morgan fingerprint density at radius 2 is 1.96 bits per heavy atom. The van der Waals surface area contributed by atoms with E-state index in [-0.39, 0.29) is 17.0 Å². The van der Waals surface area contributed by atoms with Crippen LogP contribution >= 0.6 is 0 Å². The number of alkyl carbamates (subject to hydrolysis) is 1. The van der Waals surface area contributed by atoms with Crippen molar-refractivity contribution in [2.45, 2.75) is 71.4 Å². The van der Waals surface area contributed by atoms with Crippen LogP contribution in [0.25, 0.3) is 0 Å². The van der Waals surface area contributed by atoms with E-state index < -0.39 is 5.60 Å². The third-order valence-electron chi connectivity index (χ3n) is 5.17. The highest BCUT2D eigenvalue weighted by Crippen LogP contribution is 2.35. The maximum Gasteiger partial charge on any atom is 0.407 e. The molecule has 134 valence electrons. The van der Waals surface area contributed by atoms with Gasteiger partial charge >= 0.3 is 6.09 Å². The number of carbonyl (C=O) groups is 1. The van der Waals surface area contributed by atoms with Crippen LogP contribution in [-0.4, -0.2) is 43.5 Å². The van der Waals surface area contributed by atoms with E-state index in [9.17, 15) is 4.79 Å². The molecule has 2 N–H and O–H groups in total. The molecule has 2 rings (SSSR count). The smallest absolute Gasteiger partial charge is 0.407 e. The van der Waals surface area contributed by atoms with Gasteiger partial charge in [0.2, 0.25) is 0 Å². The summed E-state index contributed by atoms with van der Waals surface area (Å²) in [4.78, 5) is 12.0. The van der Waals surface area contributed by atoms with Gasteiger partial charge in [0, 0.05) is 24.0 Å². The molecule has 1 heterocycles. The number of ether oxygens (including phenoxy) is 2. The predicted octanol–water partition coefficient (Wildman–Crippen LogP) is 3.09. The number of rotatable bonds is 5. The van der Waals surface area contributed by atoms with Gasteiger partial charge in [0.1, 0.15) is 5.60 Å². The molecule has 2 aliphatic rings. The summed E-state index contributed by atoms with van der Waals surface area (Å²) in [6.45, 7) is 13.4. The van der Waals surface area contributed by atoms with Crippen LogP contribution in [0.2, 0.25) is 0 Å². The number of amides is 1. The van der Waals surface area contributed by atoms with Crippen LogP contribution in [0.5, 0.6) is 0 Å². The van der Waals surface area contributed by atoms with E-state index in [1.54, 1.807) is 0 Å². The van der Waals surface area contributed by atoms with Gasteiger partial charge < -0.3 is 20.1 Å². The molecule has 0 bridgehead atoms. The fraction of sp³-hybridized carbons (Fsp3) is 0.944. The fourth-order valence-electron chi connectivity index (χ4n) is 3.49. The van der Waals surface area contributed by atoms with Gasteiger partial charge in [-0.2, -0.15) is 0 Å². The van der Waals surface area contributed by atoms with Gasteiger partial charge in [-0.25, -0.2) is 4.79 Å². The van der Waals surface area contributed by atoms with Crippen LogP contribution in [0.1, 0.15) is 60.3 Å². The van der Waals surface area contributed by atoms with Gasteiger partial charge in [-0.05, 0) is 39.5 Å². The maximum absolute atomic E-state index is 12.0. The number of hydrogen-bond acceptors (Lipinski definition) is 4. The number of hydrogen-bond donors (Lipinski definition) is 2. The molecule has 2 fully saturated rings. The highest BCUT2D eigenvalue weighted by atomic mass is 16.6. The highest BCUT2D eigenvalue weighted by Gasteiger charge is 2.42. The van der Waals surface area contributed by atoms with Crippen LogP contribution in [0.4, 0.5) is 4.79 Å². The monoisotopic (exact) mass is 326 g/mol. The summed E-state index contributed by atoms with van der Waals surface area (Å²) in [6.07, 6.45) is 4.46. The lowest BCUT2D eigenvalue weighted by atomic mass is 9.72. The molecule has 0 aromatic heterocycles. The third kappa shape index (κ3) is 5.08. The van der Waals surface area contributed by atoms with Gasteiger partial charge in [0.15, 0.2) is 0 Å². The summed E-state index contributed by atoms with van der Waals surface area (Å²) in [5, 5.41) is 6.79. The minimum atomic E-state index is -0.459.